The van der Waals surface area contributed by atoms with Gasteiger partial charge in [0.25, 0.3) is 0 Å². The van der Waals surface area contributed by atoms with Gasteiger partial charge in [-0.1, -0.05) is 26.8 Å². The van der Waals surface area contributed by atoms with Gasteiger partial charge in [0.2, 0.25) is 5.91 Å². The standard InChI is InChI=1S/C30H34FN5O3/c1-30(2,3)27-18-28(35-34-27)33-29(37)15-19-5-6-22(17-24(19)31)39-26-9-12-32-25-8-7-21(16-23(25)26)38-20-10-13-36(4)14-11-20/h5-9,12,16-18,20H,10-11,13-15H2,1-4H3,(H2,33,34,35,37). The van der Waals surface area contributed by atoms with E-state index in [0.717, 1.165) is 48.3 Å². The molecule has 0 aliphatic carbocycles. The average molecular weight is 532 g/mol. The largest absolute Gasteiger partial charge is 0.490 e. The average Bonchev–Trinajstić information content (AvgIpc) is 3.36. The van der Waals surface area contributed by atoms with Crippen molar-refractivity contribution in [1.82, 2.24) is 20.1 Å². The summed E-state index contributed by atoms with van der Waals surface area (Å²) in [5.41, 5.74) is 1.79. The van der Waals surface area contributed by atoms with E-state index in [2.05, 4.69) is 32.4 Å². The third-order valence-corrected chi connectivity index (χ3v) is 6.90. The van der Waals surface area contributed by atoms with E-state index in [1.54, 1.807) is 30.5 Å². The van der Waals surface area contributed by atoms with Gasteiger partial charge in [-0.3, -0.25) is 14.9 Å². The van der Waals surface area contributed by atoms with Gasteiger partial charge in [0.05, 0.1) is 11.9 Å². The fourth-order valence-corrected chi connectivity index (χ4v) is 4.55. The molecule has 1 aliphatic heterocycles. The molecule has 1 saturated heterocycles. The molecule has 8 nitrogen and oxygen atoms in total. The van der Waals surface area contributed by atoms with E-state index in [9.17, 15) is 9.18 Å². The van der Waals surface area contributed by atoms with Crippen LogP contribution in [0.15, 0.2) is 54.7 Å². The summed E-state index contributed by atoms with van der Waals surface area (Å²) >= 11 is 0. The Morgan fingerprint density at radius 3 is 2.59 bits per heavy atom. The van der Waals surface area contributed by atoms with Crippen LogP contribution in [0.5, 0.6) is 17.2 Å². The van der Waals surface area contributed by atoms with Crippen molar-refractivity contribution >= 4 is 22.6 Å². The minimum absolute atomic E-state index is 0.125. The molecule has 3 heterocycles. The summed E-state index contributed by atoms with van der Waals surface area (Å²) in [5.74, 6) is 1.17. The highest BCUT2D eigenvalue weighted by Crippen LogP contribution is 2.33. The second-order valence-corrected chi connectivity index (χ2v) is 11.1. The van der Waals surface area contributed by atoms with Crippen LogP contribution in [0.3, 0.4) is 0 Å². The number of fused-ring (bicyclic) bond motifs is 1. The zero-order chi connectivity index (χ0) is 27.6. The molecule has 0 spiro atoms. The van der Waals surface area contributed by atoms with Crippen LogP contribution in [0.4, 0.5) is 10.2 Å². The van der Waals surface area contributed by atoms with E-state index >= 15 is 0 Å². The molecule has 2 N–H and O–H groups in total. The number of H-pyrrole nitrogens is 1. The smallest absolute Gasteiger partial charge is 0.230 e. The van der Waals surface area contributed by atoms with E-state index in [0.29, 0.717) is 17.3 Å². The topological polar surface area (TPSA) is 92.4 Å². The fraction of sp³-hybridized carbons (Fsp3) is 0.367. The molecule has 2 aromatic carbocycles. The van der Waals surface area contributed by atoms with Gasteiger partial charge < -0.3 is 19.7 Å². The lowest BCUT2D eigenvalue weighted by Gasteiger charge is -2.29. The number of hydrogen-bond acceptors (Lipinski definition) is 6. The van der Waals surface area contributed by atoms with E-state index in [4.69, 9.17) is 9.47 Å². The van der Waals surface area contributed by atoms with Crippen molar-refractivity contribution in [2.75, 3.05) is 25.5 Å². The van der Waals surface area contributed by atoms with Crippen LogP contribution in [0, 0.1) is 5.82 Å². The molecule has 4 aromatic rings. The SMILES string of the molecule is CN1CCC(Oc2ccc3nccc(Oc4ccc(CC(=O)Nc5cc(C(C)(C)C)[nH]n5)c(F)c4)c3c2)CC1. The lowest BCUT2D eigenvalue weighted by Crippen LogP contribution is -2.35. The number of likely N-dealkylation sites (tertiary alicyclic amines) is 1. The zero-order valence-corrected chi connectivity index (χ0v) is 22.8. The Hall–Kier alpha value is -3.98. The number of nitrogens with one attached hydrogen (secondary N) is 2. The molecule has 0 bridgehead atoms. The number of amides is 1. The quantitative estimate of drug-likeness (QED) is 0.311. The molecule has 1 amide bonds. The third kappa shape index (κ3) is 6.54. The number of benzene rings is 2. The molecular weight excluding hydrogens is 497 g/mol. The second kappa shape index (κ2) is 11.0. The van der Waals surface area contributed by atoms with Crippen molar-refractivity contribution in [3.63, 3.8) is 0 Å². The number of nitrogens with zero attached hydrogens (tertiary/aromatic N) is 3. The molecule has 1 aliphatic rings. The minimum atomic E-state index is -0.523. The van der Waals surface area contributed by atoms with Crippen molar-refractivity contribution in [3.05, 3.63) is 71.8 Å². The minimum Gasteiger partial charge on any atom is -0.490 e. The molecule has 0 unspecified atom stereocenters. The van der Waals surface area contributed by atoms with Crippen molar-refractivity contribution in [1.29, 1.82) is 0 Å². The predicted octanol–water partition coefficient (Wildman–Crippen LogP) is 5.84. The maximum Gasteiger partial charge on any atom is 0.230 e. The molecule has 5 rings (SSSR count). The van der Waals surface area contributed by atoms with Crippen LogP contribution >= 0.6 is 0 Å². The zero-order valence-electron chi connectivity index (χ0n) is 22.8. The Kier molecular flexibility index (Phi) is 7.52. The molecular formula is C30H34FN5O3. The van der Waals surface area contributed by atoms with Gasteiger partial charge in [-0.05, 0) is 55.8 Å². The van der Waals surface area contributed by atoms with Crippen molar-refractivity contribution in [2.45, 2.75) is 51.6 Å². The number of rotatable bonds is 7. The van der Waals surface area contributed by atoms with Gasteiger partial charge in [-0.2, -0.15) is 5.10 Å². The van der Waals surface area contributed by atoms with Crippen LogP contribution in [0.1, 0.15) is 44.9 Å². The van der Waals surface area contributed by atoms with Gasteiger partial charge in [0.15, 0.2) is 5.82 Å². The highest BCUT2D eigenvalue weighted by atomic mass is 19.1. The van der Waals surface area contributed by atoms with E-state index in [-0.39, 0.29) is 29.4 Å². The fourth-order valence-electron chi connectivity index (χ4n) is 4.55. The molecule has 2 aromatic heterocycles. The monoisotopic (exact) mass is 531 g/mol. The number of halogens is 1. The highest BCUT2D eigenvalue weighted by molar-refractivity contribution is 5.91. The molecule has 0 atom stereocenters. The van der Waals surface area contributed by atoms with Gasteiger partial charge >= 0.3 is 0 Å². The van der Waals surface area contributed by atoms with Crippen LogP contribution in [-0.4, -0.2) is 52.2 Å². The molecule has 0 radical (unpaired) electrons. The number of carbonyl (C=O) groups is 1. The first-order valence-corrected chi connectivity index (χ1v) is 13.2. The first-order chi connectivity index (χ1) is 18.6. The molecule has 1 fully saturated rings. The molecule has 0 saturated carbocycles. The number of ether oxygens (including phenoxy) is 2. The first-order valence-electron chi connectivity index (χ1n) is 13.2. The Morgan fingerprint density at radius 2 is 1.87 bits per heavy atom. The van der Waals surface area contributed by atoms with Gasteiger partial charge in [-0.15, -0.1) is 0 Å². The number of piperidine rings is 1. The summed E-state index contributed by atoms with van der Waals surface area (Å²) in [7, 11) is 2.12. The Bertz CT molecular complexity index is 1470. The lowest BCUT2D eigenvalue weighted by molar-refractivity contribution is -0.115. The maximum atomic E-state index is 15.0. The normalized spacial score (nSPS) is 14.9. The third-order valence-electron chi connectivity index (χ3n) is 6.90. The van der Waals surface area contributed by atoms with Crippen LogP contribution in [0.2, 0.25) is 0 Å². The summed E-state index contributed by atoms with van der Waals surface area (Å²) < 4.78 is 27.3. The van der Waals surface area contributed by atoms with Crippen molar-refractivity contribution in [2.24, 2.45) is 0 Å². The number of aromatic nitrogens is 3. The molecule has 204 valence electrons. The number of carbonyl (C=O) groups excluding carboxylic acids is 1. The first kappa shape index (κ1) is 26.6. The van der Waals surface area contributed by atoms with Gasteiger partial charge in [-0.25, -0.2) is 4.39 Å². The van der Waals surface area contributed by atoms with Crippen molar-refractivity contribution in [3.8, 4) is 17.2 Å². The van der Waals surface area contributed by atoms with Gasteiger partial charge in [0, 0.05) is 47.9 Å². The van der Waals surface area contributed by atoms with Crippen LogP contribution in [-0.2, 0) is 16.6 Å². The predicted molar refractivity (Wildman–Crippen MR) is 149 cm³/mol. The summed E-state index contributed by atoms with van der Waals surface area (Å²) in [4.78, 5) is 19.2. The Morgan fingerprint density at radius 1 is 1.10 bits per heavy atom. The van der Waals surface area contributed by atoms with Crippen LogP contribution < -0.4 is 14.8 Å². The summed E-state index contributed by atoms with van der Waals surface area (Å²) in [5, 5.41) is 10.6. The molecule has 39 heavy (non-hydrogen) atoms. The van der Waals surface area contributed by atoms with E-state index in [1.165, 1.54) is 6.07 Å². The number of pyridine rings is 1. The summed E-state index contributed by atoms with van der Waals surface area (Å²) in [6.45, 7) is 8.16. The van der Waals surface area contributed by atoms with E-state index < -0.39 is 5.82 Å². The second-order valence-electron chi connectivity index (χ2n) is 11.1. The van der Waals surface area contributed by atoms with E-state index in [1.807, 2.05) is 39.0 Å². The number of anilines is 1. The highest BCUT2D eigenvalue weighted by Gasteiger charge is 2.20. The van der Waals surface area contributed by atoms with Gasteiger partial charge in [0.1, 0.15) is 29.2 Å². The Labute approximate surface area is 227 Å². The molecule has 9 heteroatoms. The number of aromatic amines is 1. The number of hydrogen-bond donors (Lipinski definition) is 2. The van der Waals surface area contributed by atoms with Crippen LogP contribution in [0.25, 0.3) is 10.9 Å². The summed E-state index contributed by atoms with van der Waals surface area (Å²) in [6, 6.07) is 13.8. The Balaban J connectivity index is 1.26. The summed E-state index contributed by atoms with van der Waals surface area (Å²) in [6.07, 6.45) is 3.67. The lowest BCUT2D eigenvalue weighted by atomic mass is 9.92. The maximum absolute atomic E-state index is 15.0. The van der Waals surface area contributed by atoms with Crippen molar-refractivity contribution < 1.29 is 18.7 Å².